The van der Waals surface area contributed by atoms with Gasteiger partial charge in [0, 0.05) is 32.7 Å². The summed E-state index contributed by atoms with van der Waals surface area (Å²) in [6, 6.07) is 0. The summed E-state index contributed by atoms with van der Waals surface area (Å²) >= 11 is 0. The largest absolute Gasteiger partial charge is 0.394 e. The van der Waals surface area contributed by atoms with Gasteiger partial charge in [-0.1, -0.05) is 0 Å². The molecule has 1 aliphatic heterocycles. The van der Waals surface area contributed by atoms with Gasteiger partial charge < -0.3 is 17.3 Å². The number of rotatable bonds is 1. The van der Waals surface area contributed by atoms with Crippen LogP contribution in [0.5, 0.6) is 0 Å². The van der Waals surface area contributed by atoms with Gasteiger partial charge in [-0.25, -0.2) is 0 Å². The zero-order valence-corrected chi connectivity index (χ0v) is 7.26. The van der Waals surface area contributed by atoms with E-state index in [4.69, 9.17) is 5.11 Å². The second-order valence-electron chi connectivity index (χ2n) is 1.14. The van der Waals surface area contributed by atoms with Crippen molar-refractivity contribution in [2.24, 2.45) is 0 Å². The first-order valence-electron chi connectivity index (χ1n) is 1.66. The molecule has 0 spiro atoms. The van der Waals surface area contributed by atoms with Crippen LogP contribution < -0.4 is 0 Å². The average molecular weight is 178 g/mol. The summed E-state index contributed by atoms with van der Waals surface area (Å²) < 4.78 is 4.61. The van der Waals surface area contributed by atoms with Crippen LogP contribution in [0, 0.1) is 7.43 Å². The predicted molar refractivity (Wildman–Crippen MR) is 23.2 cm³/mol. The molecule has 1 heterocycles. The number of epoxide rings is 1. The van der Waals surface area contributed by atoms with E-state index in [2.05, 4.69) is 4.74 Å². The first-order valence-corrected chi connectivity index (χ1v) is 1.66. The molecular formula is C4H9O2Y-. The van der Waals surface area contributed by atoms with Crippen molar-refractivity contribution in [2.75, 3.05) is 13.2 Å². The molecule has 1 saturated heterocycles. The van der Waals surface area contributed by atoms with E-state index in [9.17, 15) is 0 Å². The summed E-state index contributed by atoms with van der Waals surface area (Å²) in [5.41, 5.74) is 0. The number of aliphatic hydroxyl groups is 1. The molecule has 0 aromatic carbocycles. The Labute approximate surface area is 69.1 Å². The Kier molecular flexibility index (Phi) is 8.05. The minimum absolute atomic E-state index is 0. The second kappa shape index (κ2) is 5.17. The van der Waals surface area contributed by atoms with Crippen molar-refractivity contribution in [2.45, 2.75) is 6.10 Å². The van der Waals surface area contributed by atoms with Crippen LogP contribution in [-0.4, -0.2) is 24.4 Å². The van der Waals surface area contributed by atoms with Gasteiger partial charge in [0.1, 0.15) is 6.10 Å². The van der Waals surface area contributed by atoms with E-state index in [1.165, 1.54) is 0 Å². The Balaban J connectivity index is 0. The molecule has 1 radical (unpaired) electrons. The van der Waals surface area contributed by atoms with Crippen molar-refractivity contribution in [3.05, 3.63) is 7.43 Å². The van der Waals surface area contributed by atoms with Gasteiger partial charge in [-0.2, -0.15) is 0 Å². The molecule has 0 aliphatic carbocycles. The monoisotopic (exact) mass is 178 g/mol. The number of aliphatic hydroxyl groups excluding tert-OH is 1. The van der Waals surface area contributed by atoms with Gasteiger partial charge >= 0.3 is 0 Å². The molecule has 41 valence electrons. The van der Waals surface area contributed by atoms with Crippen LogP contribution in [-0.2, 0) is 37.4 Å². The van der Waals surface area contributed by atoms with Gasteiger partial charge in [-0.05, 0) is 0 Å². The van der Waals surface area contributed by atoms with E-state index in [1.807, 2.05) is 0 Å². The van der Waals surface area contributed by atoms with Crippen molar-refractivity contribution in [1.29, 1.82) is 0 Å². The van der Waals surface area contributed by atoms with E-state index >= 15 is 0 Å². The maximum absolute atomic E-state index is 8.08. The fraction of sp³-hybridized carbons (Fsp3) is 0.750. The Hall–Kier alpha value is 1.02. The van der Waals surface area contributed by atoms with Gasteiger partial charge in [0.2, 0.25) is 0 Å². The van der Waals surface area contributed by atoms with Crippen LogP contribution in [0.3, 0.4) is 0 Å². The molecule has 0 saturated carbocycles. The first-order chi connectivity index (χ1) is 2.43. The summed E-state index contributed by atoms with van der Waals surface area (Å²) in [6.07, 6.45) is 0.190. The first kappa shape index (κ1) is 10.9. The van der Waals surface area contributed by atoms with Crippen molar-refractivity contribution >= 4 is 0 Å². The smallest absolute Gasteiger partial charge is 0.104 e. The number of hydrogen-bond acceptors (Lipinski definition) is 2. The molecule has 1 unspecified atom stereocenters. The third-order valence-corrected chi connectivity index (χ3v) is 0.606. The molecule has 1 N–H and O–H groups in total. The van der Waals surface area contributed by atoms with Gasteiger partial charge in [-0.15, -0.1) is 0 Å². The maximum atomic E-state index is 8.08. The SMILES string of the molecule is OCC1CO1.[CH3-].[Y]. The van der Waals surface area contributed by atoms with E-state index in [-0.39, 0.29) is 52.8 Å². The minimum atomic E-state index is 0. The molecule has 3 heteroatoms. The molecule has 1 aliphatic rings. The molecule has 0 amide bonds. The van der Waals surface area contributed by atoms with Crippen LogP contribution in [0.4, 0.5) is 0 Å². The van der Waals surface area contributed by atoms with Crippen molar-refractivity contribution < 1.29 is 42.6 Å². The summed E-state index contributed by atoms with van der Waals surface area (Å²) in [5.74, 6) is 0. The molecule has 0 aromatic heterocycles. The summed E-state index contributed by atoms with van der Waals surface area (Å²) in [6.45, 7) is 0.955. The molecule has 1 atom stereocenters. The van der Waals surface area contributed by atoms with Crippen molar-refractivity contribution in [1.82, 2.24) is 0 Å². The second-order valence-corrected chi connectivity index (χ2v) is 1.14. The topological polar surface area (TPSA) is 32.8 Å². The molecule has 0 aromatic rings. The van der Waals surface area contributed by atoms with E-state index in [1.54, 1.807) is 0 Å². The fourth-order valence-electron chi connectivity index (χ4n) is 0.173. The third kappa shape index (κ3) is 4.89. The van der Waals surface area contributed by atoms with Crippen LogP contribution in [0.25, 0.3) is 0 Å². The Morgan fingerprint density at radius 1 is 1.71 bits per heavy atom. The molecule has 1 rings (SSSR count). The predicted octanol–water partition coefficient (Wildman–Crippen LogP) is -0.175. The molecule has 7 heavy (non-hydrogen) atoms. The fourth-order valence-corrected chi connectivity index (χ4v) is 0.173. The van der Waals surface area contributed by atoms with Crippen molar-refractivity contribution in [3.63, 3.8) is 0 Å². The molecule has 2 nitrogen and oxygen atoms in total. The van der Waals surface area contributed by atoms with Crippen LogP contribution in [0.15, 0.2) is 0 Å². The van der Waals surface area contributed by atoms with Crippen LogP contribution in [0.1, 0.15) is 0 Å². The van der Waals surface area contributed by atoms with Gasteiger partial charge in [0.25, 0.3) is 0 Å². The zero-order chi connectivity index (χ0) is 3.70. The van der Waals surface area contributed by atoms with E-state index in [0.717, 1.165) is 6.61 Å². The zero-order valence-electron chi connectivity index (χ0n) is 4.42. The maximum Gasteiger partial charge on any atom is 0.104 e. The summed E-state index contributed by atoms with van der Waals surface area (Å²) in [5, 5.41) is 8.08. The molecule has 1 fully saturated rings. The normalized spacial score (nSPS) is 24.4. The quantitative estimate of drug-likeness (QED) is 0.446. The van der Waals surface area contributed by atoms with Crippen LogP contribution in [0.2, 0.25) is 0 Å². The number of ether oxygens (including phenoxy) is 1. The average Bonchev–Trinajstić information content (AvgIpc) is 2.12. The number of hydrogen-bond donors (Lipinski definition) is 1. The summed E-state index contributed by atoms with van der Waals surface area (Å²) in [7, 11) is 0. The Morgan fingerprint density at radius 2 is 2.14 bits per heavy atom. The third-order valence-electron chi connectivity index (χ3n) is 0.606. The summed E-state index contributed by atoms with van der Waals surface area (Å²) in [4.78, 5) is 0. The molecule has 0 bridgehead atoms. The van der Waals surface area contributed by atoms with E-state index < -0.39 is 0 Å². The standard InChI is InChI=1S/C3H6O2.CH3.Y/c4-1-3-2-5-3;;/h3-4H,1-2H2;1H3;/q;-1;. The van der Waals surface area contributed by atoms with Gasteiger partial charge in [0.15, 0.2) is 0 Å². The van der Waals surface area contributed by atoms with Gasteiger partial charge in [-0.3, -0.25) is 0 Å². The van der Waals surface area contributed by atoms with Crippen molar-refractivity contribution in [3.8, 4) is 0 Å². The Bertz CT molecular complexity index is 36.7. The molecular weight excluding hydrogens is 169 g/mol. The van der Waals surface area contributed by atoms with Gasteiger partial charge in [0.05, 0.1) is 13.2 Å². The van der Waals surface area contributed by atoms with Crippen LogP contribution >= 0.6 is 0 Å². The minimum Gasteiger partial charge on any atom is -0.394 e. The Morgan fingerprint density at radius 3 is 2.14 bits per heavy atom. The van der Waals surface area contributed by atoms with E-state index in [0.29, 0.717) is 0 Å².